The van der Waals surface area contributed by atoms with Crippen molar-refractivity contribution in [3.8, 4) is 11.3 Å². The Balaban J connectivity index is 2.12. The summed E-state index contributed by atoms with van der Waals surface area (Å²) in [6.45, 7) is -0.978. The van der Waals surface area contributed by atoms with E-state index in [4.69, 9.17) is 33.5 Å². The second-order valence-corrected chi connectivity index (χ2v) is 5.85. The molecule has 0 fully saturated rings. The number of hydrogen-bond donors (Lipinski definition) is 3. The van der Waals surface area contributed by atoms with Crippen molar-refractivity contribution >= 4 is 34.9 Å². The highest BCUT2D eigenvalue weighted by Crippen LogP contribution is 2.25. The van der Waals surface area contributed by atoms with Crippen molar-refractivity contribution in [2.24, 2.45) is 0 Å². The highest BCUT2D eigenvalue weighted by Gasteiger charge is 2.25. The van der Waals surface area contributed by atoms with Gasteiger partial charge in [0, 0.05) is 11.6 Å². The first kappa shape index (κ1) is 17.5. The molecule has 0 unspecified atom stereocenters. The number of nitrogens with one attached hydrogen (secondary N) is 1. The van der Waals surface area contributed by atoms with Crippen molar-refractivity contribution in [3.63, 3.8) is 0 Å². The van der Waals surface area contributed by atoms with E-state index in [-0.39, 0.29) is 5.82 Å². The number of rotatable bonds is 6. The van der Waals surface area contributed by atoms with Crippen LogP contribution in [-0.2, 0) is 4.79 Å². The predicted molar refractivity (Wildman–Crippen MR) is 84.7 cm³/mol. The maximum Gasteiger partial charge on any atom is 0.253 e. The van der Waals surface area contributed by atoms with Gasteiger partial charge in [-0.1, -0.05) is 52.6 Å². The molecule has 1 aromatic heterocycles. The van der Waals surface area contributed by atoms with Crippen molar-refractivity contribution in [1.82, 2.24) is 10.5 Å². The summed E-state index contributed by atoms with van der Waals surface area (Å²) >= 11 is 10.8. The molecule has 0 bridgehead atoms. The molecule has 0 aliphatic carbocycles. The summed E-state index contributed by atoms with van der Waals surface area (Å²) in [5, 5.41) is 16.0. The van der Waals surface area contributed by atoms with Gasteiger partial charge >= 0.3 is 0 Å². The van der Waals surface area contributed by atoms with Crippen LogP contribution in [0.2, 0.25) is 0 Å². The van der Waals surface area contributed by atoms with Gasteiger partial charge < -0.3 is 20.7 Å². The zero-order chi connectivity index (χ0) is 17.0. The van der Waals surface area contributed by atoms with Gasteiger partial charge in [-0.05, 0) is 5.56 Å². The van der Waals surface area contributed by atoms with Gasteiger partial charge in [0.2, 0.25) is 0 Å². The molecule has 1 heterocycles. The zero-order valence-electron chi connectivity index (χ0n) is 11.7. The molecule has 1 amide bonds. The van der Waals surface area contributed by atoms with Gasteiger partial charge in [-0.15, -0.1) is 0 Å². The van der Waals surface area contributed by atoms with E-state index in [1.807, 2.05) is 0 Å². The van der Waals surface area contributed by atoms with E-state index in [1.165, 1.54) is 0 Å². The number of anilines is 1. The van der Waals surface area contributed by atoms with Crippen LogP contribution in [0.25, 0.3) is 11.3 Å². The van der Waals surface area contributed by atoms with Gasteiger partial charge in [-0.3, -0.25) is 4.79 Å². The fourth-order valence-corrected chi connectivity index (χ4v) is 2.08. The first-order valence-electron chi connectivity index (χ1n) is 6.57. The van der Waals surface area contributed by atoms with E-state index in [2.05, 4.69) is 10.5 Å². The average Bonchev–Trinajstić information content (AvgIpc) is 2.98. The standard InChI is InChI=1S/C14H14Cl2FN3O3/c15-13(16)14(22)19-9(6-17)12(21)8-3-1-7(2-4-8)10-5-11(18)20-23-10/h1-5,9,12-13,21H,6H2,(H2,18,20)(H,19,22)/t9-,12-/m1/s1. The topological polar surface area (TPSA) is 101 Å². The van der Waals surface area contributed by atoms with Crippen LogP contribution in [0.5, 0.6) is 0 Å². The third kappa shape index (κ3) is 4.34. The number of alkyl halides is 3. The minimum Gasteiger partial charge on any atom is -0.386 e. The molecular weight excluding hydrogens is 348 g/mol. The fourth-order valence-electron chi connectivity index (χ4n) is 1.95. The quantitative estimate of drug-likeness (QED) is 0.684. The number of aliphatic hydroxyl groups is 1. The number of carbonyl (C=O) groups excluding carboxylic acids is 1. The maximum atomic E-state index is 13.1. The summed E-state index contributed by atoms with van der Waals surface area (Å²) < 4.78 is 18.1. The predicted octanol–water partition coefficient (Wildman–Crippen LogP) is 2.22. The lowest BCUT2D eigenvalue weighted by molar-refractivity contribution is -0.121. The first-order valence-corrected chi connectivity index (χ1v) is 7.44. The molecule has 2 rings (SSSR count). The summed E-state index contributed by atoms with van der Waals surface area (Å²) in [5.41, 5.74) is 6.57. The Bertz CT molecular complexity index is 664. The van der Waals surface area contributed by atoms with E-state index in [1.54, 1.807) is 30.3 Å². The summed E-state index contributed by atoms with van der Waals surface area (Å²) in [6.07, 6.45) is -1.26. The smallest absolute Gasteiger partial charge is 0.253 e. The van der Waals surface area contributed by atoms with Crippen LogP contribution in [0.4, 0.5) is 10.2 Å². The second-order valence-electron chi connectivity index (χ2n) is 4.75. The molecule has 9 heteroatoms. The Morgan fingerprint density at radius 1 is 1.39 bits per heavy atom. The summed E-state index contributed by atoms with van der Waals surface area (Å²) in [6, 6.07) is 6.85. The highest BCUT2D eigenvalue weighted by molar-refractivity contribution is 6.53. The Morgan fingerprint density at radius 3 is 2.52 bits per heavy atom. The van der Waals surface area contributed by atoms with E-state index in [0.717, 1.165) is 0 Å². The van der Waals surface area contributed by atoms with Crippen LogP contribution >= 0.6 is 23.2 Å². The van der Waals surface area contributed by atoms with Crippen LogP contribution in [0.3, 0.4) is 0 Å². The monoisotopic (exact) mass is 361 g/mol. The number of hydrogen-bond acceptors (Lipinski definition) is 5. The van der Waals surface area contributed by atoms with Gasteiger partial charge in [0.1, 0.15) is 12.8 Å². The fraction of sp³-hybridized carbons (Fsp3) is 0.286. The summed E-state index contributed by atoms with van der Waals surface area (Å²) in [4.78, 5) is 10.1. The lowest BCUT2D eigenvalue weighted by Crippen LogP contribution is -2.43. The van der Waals surface area contributed by atoms with Crippen LogP contribution in [-0.4, -0.2) is 33.7 Å². The molecule has 6 nitrogen and oxygen atoms in total. The molecule has 0 saturated carbocycles. The molecule has 23 heavy (non-hydrogen) atoms. The minimum absolute atomic E-state index is 0.251. The van der Waals surface area contributed by atoms with Crippen molar-refractivity contribution in [2.45, 2.75) is 17.0 Å². The highest BCUT2D eigenvalue weighted by atomic mass is 35.5. The van der Waals surface area contributed by atoms with Crippen LogP contribution in [0.15, 0.2) is 34.9 Å². The number of nitrogens with zero attached hydrogens (tertiary/aromatic N) is 1. The SMILES string of the molecule is Nc1cc(-c2ccc([C@@H](O)[C@@H](CF)NC(=O)C(Cl)Cl)cc2)on1. The van der Waals surface area contributed by atoms with Crippen molar-refractivity contribution in [2.75, 3.05) is 12.4 Å². The number of benzene rings is 1. The van der Waals surface area contributed by atoms with Gasteiger partial charge in [-0.2, -0.15) is 0 Å². The molecule has 124 valence electrons. The van der Waals surface area contributed by atoms with Gasteiger partial charge in [0.25, 0.3) is 5.91 Å². The number of carbonyl (C=O) groups is 1. The largest absolute Gasteiger partial charge is 0.386 e. The zero-order valence-corrected chi connectivity index (χ0v) is 13.3. The molecule has 0 aliphatic rings. The number of nitrogens with two attached hydrogens (primary N) is 1. The Hall–Kier alpha value is -1.83. The molecule has 4 N–H and O–H groups in total. The average molecular weight is 362 g/mol. The lowest BCUT2D eigenvalue weighted by Gasteiger charge is -2.22. The molecule has 0 saturated heterocycles. The number of nitrogen functional groups attached to an aromatic ring is 1. The van der Waals surface area contributed by atoms with E-state index < -0.39 is 29.6 Å². The first-order chi connectivity index (χ1) is 10.9. The second kappa shape index (κ2) is 7.63. The maximum absolute atomic E-state index is 13.1. The summed E-state index contributed by atoms with van der Waals surface area (Å²) in [5.74, 6) is -0.0594. The molecule has 0 spiro atoms. The molecule has 1 aromatic carbocycles. The van der Waals surface area contributed by atoms with E-state index >= 15 is 0 Å². The number of aliphatic hydroxyl groups excluding tert-OH is 1. The third-order valence-electron chi connectivity index (χ3n) is 3.14. The van der Waals surface area contributed by atoms with Gasteiger partial charge in [0.05, 0.1) is 6.04 Å². The van der Waals surface area contributed by atoms with Crippen LogP contribution < -0.4 is 11.1 Å². The van der Waals surface area contributed by atoms with Gasteiger partial charge in [0.15, 0.2) is 16.4 Å². The molecule has 0 radical (unpaired) electrons. The number of aromatic nitrogens is 1. The Kier molecular flexibility index (Phi) is 5.81. The lowest BCUT2D eigenvalue weighted by atomic mass is 10.0. The Morgan fingerprint density at radius 2 is 2.04 bits per heavy atom. The van der Waals surface area contributed by atoms with Crippen LogP contribution in [0, 0.1) is 0 Å². The number of halogens is 3. The molecular formula is C14H14Cl2FN3O3. The molecule has 2 aromatic rings. The summed E-state index contributed by atoms with van der Waals surface area (Å²) in [7, 11) is 0. The van der Waals surface area contributed by atoms with E-state index in [9.17, 15) is 14.3 Å². The Labute approximate surface area is 141 Å². The van der Waals surface area contributed by atoms with E-state index in [0.29, 0.717) is 16.9 Å². The van der Waals surface area contributed by atoms with Crippen molar-refractivity contribution < 1.29 is 18.8 Å². The molecule has 2 atom stereocenters. The normalized spacial score (nSPS) is 13.8. The number of amides is 1. The van der Waals surface area contributed by atoms with Crippen molar-refractivity contribution in [1.29, 1.82) is 0 Å². The minimum atomic E-state index is -1.34. The van der Waals surface area contributed by atoms with Crippen LogP contribution in [0.1, 0.15) is 11.7 Å². The molecule has 0 aliphatic heterocycles. The van der Waals surface area contributed by atoms with Crippen molar-refractivity contribution in [3.05, 3.63) is 35.9 Å². The third-order valence-corrected chi connectivity index (χ3v) is 3.53. The van der Waals surface area contributed by atoms with Gasteiger partial charge in [-0.25, -0.2) is 4.39 Å².